The molecule has 0 aliphatic carbocycles. The van der Waals surface area contributed by atoms with Gasteiger partial charge in [0.05, 0.1) is 18.0 Å². The highest BCUT2D eigenvalue weighted by Crippen LogP contribution is 2.17. The van der Waals surface area contributed by atoms with E-state index in [2.05, 4.69) is 29.7 Å². The van der Waals surface area contributed by atoms with Crippen LogP contribution in [0.1, 0.15) is 16.7 Å². The first-order chi connectivity index (χ1) is 9.06. The predicted molar refractivity (Wildman–Crippen MR) is 79.9 cm³/mol. The van der Waals surface area contributed by atoms with Crippen LogP contribution in [0.15, 0.2) is 12.1 Å². The van der Waals surface area contributed by atoms with Gasteiger partial charge >= 0.3 is 0 Å². The Labute approximate surface area is 119 Å². The van der Waals surface area contributed by atoms with Gasteiger partial charge in [-0.2, -0.15) is 0 Å². The molecule has 0 aliphatic heterocycles. The van der Waals surface area contributed by atoms with Crippen LogP contribution in [0.5, 0.6) is 0 Å². The second kappa shape index (κ2) is 7.95. The number of carbonyl (C=O) groups excluding carboxylic acids is 1. The molecule has 1 aromatic heterocycles. The topological polar surface area (TPSA) is 49.6 Å². The van der Waals surface area contributed by atoms with E-state index in [0.717, 1.165) is 18.0 Å². The monoisotopic (exact) mass is 279 g/mol. The van der Waals surface area contributed by atoms with E-state index in [0.29, 0.717) is 13.1 Å². The number of nitrogens with zero attached hydrogens (tertiary/aromatic N) is 2. The molecule has 1 rings (SSSR count). The van der Waals surface area contributed by atoms with Crippen LogP contribution in [-0.4, -0.2) is 49.4 Å². The van der Waals surface area contributed by atoms with Crippen molar-refractivity contribution in [2.45, 2.75) is 13.5 Å². The van der Waals surface area contributed by atoms with Gasteiger partial charge in [-0.3, -0.25) is 9.69 Å². The van der Waals surface area contributed by atoms with Crippen molar-refractivity contribution in [2.24, 2.45) is 5.73 Å². The number of carbonyl (C=O) groups is 1. The maximum atomic E-state index is 11.7. The van der Waals surface area contributed by atoms with Gasteiger partial charge in [-0.1, -0.05) is 18.8 Å². The molecule has 2 N–H and O–H groups in total. The first-order valence-electron chi connectivity index (χ1n) is 6.27. The second-order valence-electron chi connectivity index (χ2n) is 4.36. The SMILES string of the molecule is CCN(CC(=O)N(C)C)Cc1ccc(C#CCN)s1. The van der Waals surface area contributed by atoms with Crippen molar-refractivity contribution in [1.82, 2.24) is 9.80 Å². The van der Waals surface area contributed by atoms with Crippen molar-refractivity contribution in [2.75, 3.05) is 33.7 Å². The molecule has 0 fully saturated rings. The lowest BCUT2D eigenvalue weighted by molar-refractivity contribution is -0.130. The van der Waals surface area contributed by atoms with Crippen LogP contribution in [-0.2, 0) is 11.3 Å². The summed E-state index contributed by atoms with van der Waals surface area (Å²) in [6, 6.07) is 4.07. The summed E-state index contributed by atoms with van der Waals surface area (Å²) in [5.74, 6) is 6.00. The summed E-state index contributed by atoms with van der Waals surface area (Å²) in [7, 11) is 3.56. The van der Waals surface area contributed by atoms with Crippen LogP contribution in [0.4, 0.5) is 0 Å². The summed E-state index contributed by atoms with van der Waals surface area (Å²) in [5, 5.41) is 0. The standard InChI is InChI=1S/C14H21N3OS/c1-4-17(11-14(18)16(2)3)10-13-8-7-12(19-13)6-5-9-15/h7-8H,4,9-11,15H2,1-3H3. The normalized spacial score (nSPS) is 10.2. The van der Waals surface area contributed by atoms with Gasteiger partial charge < -0.3 is 10.6 Å². The minimum absolute atomic E-state index is 0.126. The second-order valence-corrected chi connectivity index (χ2v) is 5.53. The summed E-state index contributed by atoms with van der Waals surface area (Å²) in [6.07, 6.45) is 0. The molecule has 4 nitrogen and oxygen atoms in total. The highest BCUT2D eigenvalue weighted by atomic mass is 32.1. The highest BCUT2D eigenvalue weighted by Gasteiger charge is 2.12. The van der Waals surface area contributed by atoms with Crippen molar-refractivity contribution in [3.8, 4) is 11.8 Å². The van der Waals surface area contributed by atoms with Gasteiger partial charge in [0.1, 0.15) is 0 Å². The number of rotatable bonds is 5. The number of thiophene rings is 1. The summed E-state index contributed by atoms with van der Waals surface area (Å²) >= 11 is 1.66. The minimum atomic E-state index is 0.126. The summed E-state index contributed by atoms with van der Waals surface area (Å²) in [6.45, 7) is 4.52. The minimum Gasteiger partial charge on any atom is -0.348 e. The Morgan fingerprint density at radius 3 is 2.74 bits per heavy atom. The molecular formula is C14H21N3OS. The lowest BCUT2D eigenvalue weighted by Crippen LogP contribution is -2.36. The van der Waals surface area contributed by atoms with Gasteiger partial charge in [-0.05, 0) is 18.7 Å². The van der Waals surface area contributed by atoms with Gasteiger partial charge in [0.2, 0.25) is 5.91 Å². The molecule has 19 heavy (non-hydrogen) atoms. The average molecular weight is 279 g/mol. The molecule has 0 aromatic carbocycles. The van der Waals surface area contributed by atoms with E-state index < -0.39 is 0 Å². The number of amides is 1. The van der Waals surface area contributed by atoms with Gasteiger partial charge in [0, 0.05) is 25.5 Å². The molecule has 0 atom stereocenters. The summed E-state index contributed by atoms with van der Waals surface area (Å²) in [5.41, 5.74) is 5.35. The predicted octanol–water partition coefficient (Wildman–Crippen LogP) is 0.968. The molecule has 1 amide bonds. The highest BCUT2D eigenvalue weighted by molar-refractivity contribution is 7.12. The molecule has 0 aliphatic rings. The van der Waals surface area contributed by atoms with E-state index >= 15 is 0 Å². The molecule has 0 radical (unpaired) electrons. The van der Waals surface area contributed by atoms with Crippen LogP contribution < -0.4 is 5.73 Å². The molecule has 0 spiro atoms. The van der Waals surface area contributed by atoms with E-state index in [1.54, 1.807) is 30.3 Å². The van der Waals surface area contributed by atoms with Crippen molar-refractivity contribution in [3.63, 3.8) is 0 Å². The zero-order valence-electron chi connectivity index (χ0n) is 11.8. The molecule has 5 heteroatoms. The third-order valence-corrected chi connectivity index (χ3v) is 3.65. The van der Waals surface area contributed by atoms with Crippen molar-refractivity contribution in [3.05, 3.63) is 21.9 Å². The molecule has 0 unspecified atom stereocenters. The van der Waals surface area contributed by atoms with Gasteiger partial charge in [0.15, 0.2) is 0 Å². The number of hydrogen-bond donors (Lipinski definition) is 1. The smallest absolute Gasteiger partial charge is 0.236 e. The molecule has 1 aromatic rings. The van der Waals surface area contributed by atoms with E-state index in [1.807, 2.05) is 6.07 Å². The summed E-state index contributed by atoms with van der Waals surface area (Å²) < 4.78 is 0. The Hall–Kier alpha value is -1.35. The maximum Gasteiger partial charge on any atom is 0.236 e. The van der Waals surface area contributed by atoms with Crippen LogP contribution in [0, 0.1) is 11.8 Å². The lowest BCUT2D eigenvalue weighted by atomic mass is 10.3. The zero-order valence-corrected chi connectivity index (χ0v) is 12.6. The first kappa shape index (κ1) is 15.7. The fourth-order valence-electron chi connectivity index (χ4n) is 1.50. The van der Waals surface area contributed by atoms with E-state index in [1.165, 1.54) is 4.88 Å². The van der Waals surface area contributed by atoms with Gasteiger partial charge in [0.25, 0.3) is 0 Å². The maximum absolute atomic E-state index is 11.7. The largest absolute Gasteiger partial charge is 0.348 e. The fourth-order valence-corrected chi connectivity index (χ4v) is 2.43. The van der Waals surface area contributed by atoms with Crippen LogP contribution in [0.25, 0.3) is 0 Å². The molecular weight excluding hydrogens is 258 g/mol. The Morgan fingerprint density at radius 1 is 1.42 bits per heavy atom. The Balaban J connectivity index is 2.60. The number of nitrogens with two attached hydrogens (primary N) is 1. The van der Waals surface area contributed by atoms with Crippen molar-refractivity contribution in [1.29, 1.82) is 0 Å². The quantitative estimate of drug-likeness (QED) is 0.817. The first-order valence-corrected chi connectivity index (χ1v) is 7.08. The summed E-state index contributed by atoms with van der Waals surface area (Å²) in [4.78, 5) is 17.7. The van der Waals surface area contributed by atoms with E-state index in [4.69, 9.17) is 5.73 Å². The van der Waals surface area contributed by atoms with Gasteiger partial charge in [-0.25, -0.2) is 0 Å². The molecule has 0 saturated heterocycles. The van der Waals surface area contributed by atoms with Crippen molar-refractivity contribution >= 4 is 17.2 Å². The molecule has 1 heterocycles. The third kappa shape index (κ3) is 5.43. The Kier molecular flexibility index (Phi) is 6.57. The zero-order chi connectivity index (χ0) is 14.3. The van der Waals surface area contributed by atoms with Crippen LogP contribution in [0.3, 0.4) is 0 Å². The molecule has 0 saturated carbocycles. The van der Waals surface area contributed by atoms with Crippen LogP contribution >= 0.6 is 11.3 Å². The number of hydrogen-bond acceptors (Lipinski definition) is 4. The fraction of sp³-hybridized carbons (Fsp3) is 0.500. The molecule has 104 valence electrons. The van der Waals surface area contributed by atoms with Crippen LogP contribution in [0.2, 0.25) is 0 Å². The Bertz CT molecular complexity index is 471. The third-order valence-electron chi connectivity index (χ3n) is 2.66. The van der Waals surface area contributed by atoms with Gasteiger partial charge in [-0.15, -0.1) is 11.3 Å². The number of likely N-dealkylation sites (N-methyl/N-ethyl adjacent to an activating group) is 2. The van der Waals surface area contributed by atoms with E-state index in [-0.39, 0.29) is 5.91 Å². The average Bonchev–Trinajstić information content (AvgIpc) is 2.82. The Morgan fingerprint density at radius 2 is 2.16 bits per heavy atom. The van der Waals surface area contributed by atoms with E-state index in [9.17, 15) is 4.79 Å². The molecule has 0 bridgehead atoms. The lowest BCUT2D eigenvalue weighted by Gasteiger charge is -2.21. The van der Waals surface area contributed by atoms with Crippen molar-refractivity contribution < 1.29 is 4.79 Å².